The molecule has 0 bridgehead atoms. The zero-order valence-electron chi connectivity index (χ0n) is 20.7. The highest BCUT2D eigenvalue weighted by Crippen LogP contribution is 2.42. The van der Waals surface area contributed by atoms with Crippen LogP contribution in [0.4, 0.5) is 0 Å². The number of rotatable bonds is 12. The van der Waals surface area contributed by atoms with Crippen molar-refractivity contribution >= 4 is 0 Å². The number of hydrogen-bond donors (Lipinski definition) is 0. The highest BCUT2D eigenvalue weighted by molar-refractivity contribution is 4.82. The topological polar surface area (TPSA) is 9.23 Å². The summed E-state index contributed by atoms with van der Waals surface area (Å²) in [6.07, 6.45) is 29.8. The predicted octanol–water partition coefficient (Wildman–Crippen LogP) is 9.34. The van der Waals surface area contributed by atoms with Gasteiger partial charge in [-0.1, -0.05) is 78.1 Å². The maximum atomic E-state index is 6.44. The molecule has 0 heterocycles. The van der Waals surface area contributed by atoms with E-state index in [-0.39, 0.29) is 0 Å². The van der Waals surface area contributed by atoms with Crippen molar-refractivity contribution in [1.29, 1.82) is 0 Å². The van der Waals surface area contributed by atoms with E-state index < -0.39 is 0 Å². The van der Waals surface area contributed by atoms with Crippen molar-refractivity contribution in [3.05, 3.63) is 0 Å². The van der Waals surface area contributed by atoms with E-state index in [9.17, 15) is 0 Å². The maximum Gasteiger partial charge on any atom is 0.0575 e. The first-order valence-electron chi connectivity index (χ1n) is 14.4. The van der Waals surface area contributed by atoms with Gasteiger partial charge in [0, 0.05) is 6.61 Å². The summed E-state index contributed by atoms with van der Waals surface area (Å²) in [7, 11) is 0. The first-order chi connectivity index (χ1) is 14.8. The second-order valence-electron chi connectivity index (χ2n) is 11.5. The first kappa shape index (κ1) is 24.6. The second kappa shape index (κ2) is 14.2. The maximum absolute atomic E-state index is 6.44. The molecule has 0 aromatic rings. The summed E-state index contributed by atoms with van der Waals surface area (Å²) in [5.74, 6) is 5.07. The van der Waals surface area contributed by atoms with E-state index in [0.29, 0.717) is 6.10 Å². The van der Waals surface area contributed by atoms with Crippen LogP contribution in [0.3, 0.4) is 0 Å². The summed E-state index contributed by atoms with van der Waals surface area (Å²) in [5.41, 5.74) is 0. The van der Waals surface area contributed by atoms with E-state index in [1.807, 2.05) is 0 Å². The van der Waals surface area contributed by atoms with E-state index in [1.54, 1.807) is 25.7 Å². The molecule has 30 heavy (non-hydrogen) atoms. The van der Waals surface area contributed by atoms with Gasteiger partial charge in [-0.2, -0.15) is 0 Å². The third-order valence-corrected chi connectivity index (χ3v) is 9.24. The van der Waals surface area contributed by atoms with E-state index >= 15 is 0 Å². The lowest BCUT2D eigenvalue weighted by Crippen LogP contribution is -2.29. The molecule has 1 heteroatoms. The Hall–Kier alpha value is -0.0400. The van der Waals surface area contributed by atoms with Crippen LogP contribution >= 0.6 is 0 Å². The third-order valence-electron chi connectivity index (χ3n) is 9.24. The Morgan fingerprint density at radius 1 is 0.500 bits per heavy atom. The fourth-order valence-electron chi connectivity index (χ4n) is 7.00. The molecule has 0 radical (unpaired) electrons. The summed E-state index contributed by atoms with van der Waals surface area (Å²) in [6, 6.07) is 0. The molecule has 0 aliphatic heterocycles. The average molecular weight is 419 g/mol. The van der Waals surface area contributed by atoms with Crippen LogP contribution in [0.1, 0.15) is 142 Å². The fraction of sp³-hybridized carbons (Fsp3) is 1.00. The molecule has 0 amide bonds. The average Bonchev–Trinajstić information content (AvgIpc) is 2.80. The zero-order chi connectivity index (χ0) is 21.0. The van der Waals surface area contributed by atoms with Gasteiger partial charge in [-0.25, -0.2) is 0 Å². The SMILES string of the molecule is CCCCCC1CCC(C2CCC(CO[C@H]3CC[C@H](CCCCC)CC3)CC2)CC1. The zero-order valence-corrected chi connectivity index (χ0v) is 20.7. The van der Waals surface area contributed by atoms with Crippen LogP contribution in [-0.2, 0) is 4.74 Å². The van der Waals surface area contributed by atoms with Crippen molar-refractivity contribution in [2.75, 3.05) is 6.61 Å². The molecule has 3 saturated carbocycles. The smallest absolute Gasteiger partial charge is 0.0575 e. The van der Waals surface area contributed by atoms with E-state index in [0.717, 1.165) is 36.2 Å². The van der Waals surface area contributed by atoms with Crippen LogP contribution in [-0.4, -0.2) is 12.7 Å². The van der Waals surface area contributed by atoms with Crippen LogP contribution in [0.15, 0.2) is 0 Å². The van der Waals surface area contributed by atoms with Gasteiger partial charge in [-0.05, 0) is 93.8 Å². The van der Waals surface area contributed by atoms with Gasteiger partial charge in [0.05, 0.1) is 6.10 Å². The Kier molecular flexibility index (Phi) is 11.6. The van der Waals surface area contributed by atoms with Crippen LogP contribution in [0, 0.1) is 29.6 Å². The standard InChI is InChI=1S/C29H54O/c1-3-5-7-9-24-11-17-27(18-12-24)28-19-13-26(14-20-28)23-30-29-21-15-25(16-22-29)10-8-6-4-2/h24-29H,3-23H2,1-2H3/t24?,25-,26?,27?,28?,29-. The molecule has 3 aliphatic carbocycles. The van der Waals surface area contributed by atoms with Gasteiger partial charge in [0.15, 0.2) is 0 Å². The quantitative estimate of drug-likeness (QED) is 0.287. The lowest BCUT2D eigenvalue weighted by atomic mass is 9.69. The predicted molar refractivity (Wildman–Crippen MR) is 131 cm³/mol. The summed E-state index contributed by atoms with van der Waals surface area (Å²) >= 11 is 0. The minimum absolute atomic E-state index is 0.591. The highest BCUT2D eigenvalue weighted by Gasteiger charge is 2.31. The Balaban J connectivity index is 1.23. The Morgan fingerprint density at radius 3 is 1.40 bits per heavy atom. The second-order valence-corrected chi connectivity index (χ2v) is 11.5. The van der Waals surface area contributed by atoms with Crippen LogP contribution in [0.5, 0.6) is 0 Å². The fourth-order valence-corrected chi connectivity index (χ4v) is 7.00. The van der Waals surface area contributed by atoms with Gasteiger partial charge >= 0.3 is 0 Å². The van der Waals surface area contributed by atoms with Crippen molar-refractivity contribution in [1.82, 2.24) is 0 Å². The molecule has 0 aromatic heterocycles. The van der Waals surface area contributed by atoms with Crippen LogP contribution in [0.2, 0.25) is 0 Å². The largest absolute Gasteiger partial charge is 0.378 e. The van der Waals surface area contributed by atoms with E-state index in [4.69, 9.17) is 4.74 Å². The molecule has 3 rings (SSSR count). The molecule has 0 atom stereocenters. The van der Waals surface area contributed by atoms with E-state index in [2.05, 4.69) is 13.8 Å². The Labute approximate surface area is 189 Å². The number of unbranched alkanes of at least 4 members (excludes halogenated alkanes) is 4. The van der Waals surface area contributed by atoms with Crippen molar-refractivity contribution in [2.24, 2.45) is 29.6 Å². The lowest BCUT2D eigenvalue weighted by molar-refractivity contribution is -0.0130. The van der Waals surface area contributed by atoms with Crippen LogP contribution < -0.4 is 0 Å². The highest BCUT2D eigenvalue weighted by atomic mass is 16.5. The van der Waals surface area contributed by atoms with E-state index in [1.165, 1.54) is 103 Å². The van der Waals surface area contributed by atoms with Crippen molar-refractivity contribution in [2.45, 2.75) is 148 Å². The van der Waals surface area contributed by atoms with Crippen molar-refractivity contribution < 1.29 is 4.74 Å². The monoisotopic (exact) mass is 418 g/mol. The summed E-state index contributed by atoms with van der Waals surface area (Å²) in [4.78, 5) is 0. The van der Waals surface area contributed by atoms with Gasteiger partial charge in [0.2, 0.25) is 0 Å². The molecule has 3 fully saturated rings. The lowest BCUT2D eigenvalue weighted by Gasteiger charge is -2.38. The molecule has 0 spiro atoms. The number of hydrogen-bond acceptors (Lipinski definition) is 1. The molecule has 176 valence electrons. The number of ether oxygens (including phenoxy) is 1. The molecule has 0 saturated heterocycles. The van der Waals surface area contributed by atoms with Crippen molar-refractivity contribution in [3.8, 4) is 0 Å². The summed E-state index contributed by atoms with van der Waals surface area (Å²) in [5, 5.41) is 0. The minimum Gasteiger partial charge on any atom is -0.378 e. The Bertz CT molecular complexity index is 408. The first-order valence-corrected chi connectivity index (χ1v) is 14.4. The molecule has 0 aromatic carbocycles. The van der Waals surface area contributed by atoms with Crippen molar-refractivity contribution in [3.63, 3.8) is 0 Å². The Morgan fingerprint density at radius 2 is 0.933 bits per heavy atom. The summed E-state index contributed by atoms with van der Waals surface area (Å²) < 4.78 is 6.44. The molecule has 3 aliphatic rings. The third kappa shape index (κ3) is 8.48. The van der Waals surface area contributed by atoms with Gasteiger partial charge in [0.25, 0.3) is 0 Å². The van der Waals surface area contributed by atoms with Gasteiger partial charge in [0.1, 0.15) is 0 Å². The molecule has 0 N–H and O–H groups in total. The molecular formula is C29H54O. The van der Waals surface area contributed by atoms with Gasteiger partial charge in [-0.15, -0.1) is 0 Å². The molecular weight excluding hydrogens is 364 g/mol. The van der Waals surface area contributed by atoms with Gasteiger partial charge in [-0.3, -0.25) is 0 Å². The summed E-state index contributed by atoms with van der Waals surface area (Å²) in [6.45, 7) is 5.72. The molecule has 0 unspecified atom stereocenters. The minimum atomic E-state index is 0.591. The molecule has 1 nitrogen and oxygen atoms in total. The normalized spacial score (nSPS) is 35.4. The van der Waals surface area contributed by atoms with Crippen LogP contribution in [0.25, 0.3) is 0 Å². The van der Waals surface area contributed by atoms with Gasteiger partial charge < -0.3 is 4.74 Å².